The van der Waals surface area contributed by atoms with Crippen LogP contribution in [0, 0.1) is 0 Å². The van der Waals surface area contributed by atoms with E-state index in [1.165, 1.54) is 11.1 Å². The first-order valence-electron chi connectivity index (χ1n) is 15.0. The minimum atomic E-state index is -3.46. The number of nitrogens with zero attached hydrogens (tertiary/aromatic N) is 4. The molecule has 4 aromatic carbocycles. The maximum atomic E-state index is 13.4. The maximum absolute atomic E-state index is 13.4. The summed E-state index contributed by atoms with van der Waals surface area (Å²) in [6.45, 7) is 6.00. The Labute approximate surface area is 255 Å². The van der Waals surface area contributed by atoms with E-state index in [1.807, 2.05) is 47.4 Å². The van der Waals surface area contributed by atoms with Crippen molar-refractivity contribution in [2.75, 3.05) is 52.4 Å². The molecule has 2 aliphatic rings. The van der Waals surface area contributed by atoms with Crippen molar-refractivity contribution in [2.24, 2.45) is 0 Å². The second-order valence-corrected chi connectivity index (χ2v) is 13.2. The van der Waals surface area contributed by atoms with Crippen LogP contribution in [-0.2, 0) is 16.6 Å². The third kappa shape index (κ3) is 6.73. The summed E-state index contributed by atoms with van der Waals surface area (Å²) in [5, 5.41) is 0. The van der Waals surface area contributed by atoms with Crippen LogP contribution in [0.5, 0.6) is 0 Å². The zero-order chi connectivity index (χ0) is 29.6. The van der Waals surface area contributed by atoms with Crippen LogP contribution in [0.25, 0.3) is 0 Å². The average Bonchev–Trinajstić information content (AvgIpc) is 3.07. The topological polar surface area (TPSA) is 64.2 Å². The average molecular weight is 595 g/mol. The predicted octanol–water partition coefficient (Wildman–Crippen LogP) is 4.74. The fourth-order valence-corrected chi connectivity index (χ4v) is 7.57. The number of hydrogen-bond donors (Lipinski definition) is 0. The van der Waals surface area contributed by atoms with Gasteiger partial charge in [-0.05, 0) is 41.0 Å². The highest BCUT2D eigenvalue weighted by atomic mass is 32.2. The van der Waals surface area contributed by atoms with Crippen LogP contribution < -0.4 is 0 Å². The van der Waals surface area contributed by atoms with E-state index in [1.54, 1.807) is 28.6 Å². The first-order valence-corrected chi connectivity index (χ1v) is 16.4. The normalized spacial score (nSPS) is 17.3. The zero-order valence-electron chi connectivity index (χ0n) is 24.3. The molecule has 0 N–H and O–H groups in total. The van der Waals surface area contributed by atoms with Crippen LogP contribution in [-0.4, -0.2) is 85.7 Å². The molecule has 0 aliphatic carbocycles. The van der Waals surface area contributed by atoms with Crippen LogP contribution in [0.3, 0.4) is 0 Å². The highest BCUT2D eigenvalue weighted by Gasteiger charge is 2.30. The number of carbonyl (C=O) groups is 1. The summed E-state index contributed by atoms with van der Waals surface area (Å²) in [6, 6.07) is 37.9. The Balaban J connectivity index is 1.02. The lowest BCUT2D eigenvalue weighted by molar-refractivity contribution is 0.0597. The van der Waals surface area contributed by atoms with Gasteiger partial charge in [0.15, 0.2) is 0 Å². The molecule has 0 bridgehead atoms. The van der Waals surface area contributed by atoms with Crippen LogP contribution in [0.2, 0.25) is 0 Å². The minimum absolute atomic E-state index is 0.0712. The van der Waals surface area contributed by atoms with Gasteiger partial charge in [-0.1, -0.05) is 91.0 Å². The van der Waals surface area contributed by atoms with Crippen molar-refractivity contribution < 1.29 is 13.2 Å². The summed E-state index contributed by atoms with van der Waals surface area (Å²) < 4.78 is 27.4. The highest BCUT2D eigenvalue weighted by Crippen LogP contribution is 2.29. The van der Waals surface area contributed by atoms with Crippen LogP contribution in [0.15, 0.2) is 120 Å². The van der Waals surface area contributed by atoms with Gasteiger partial charge in [-0.25, -0.2) is 8.42 Å². The maximum Gasteiger partial charge on any atom is 0.253 e. The molecule has 2 heterocycles. The van der Waals surface area contributed by atoms with Gasteiger partial charge in [0.2, 0.25) is 10.0 Å². The molecule has 0 unspecified atom stereocenters. The molecule has 7 nitrogen and oxygen atoms in total. The summed E-state index contributed by atoms with van der Waals surface area (Å²) in [5.74, 6) is 0.0712. The van der Waals surface area contributed by atoms with E-state index in [9.17, 15) is 13.2 Å². The van der Waals surface area contributed by atoms with Gasteiger partial charge >= 0.3 is 0 Å². The lowest BCUT2D eigenvalue weighted by Gasteiger charge is -2.39. The molecule has 0 radical (unpaired) electrons. The van der Waals surface area contributed by atoms with Crippen LogP contribution in [0.4, 0.5) is 0 Å². The standard InChI is InChI=1S/C35H38N4O3S/c40-35(38-24-22-37(23-25-38)34(30-10-4-1-5-11-30)31-12-6-2-7-13-31)32-18-16-29(17-19-32)28-36-20-26-39(27-21-36)43(41,42)33-14-8-3-9-15-33/h1-19,34H,20-28H2. The third-order valence-corrected chi connectivity index (χ3v) is 10.4. The largest absolute Gasteiger partial charge is 0.336 e. The van der Waals surface area contributed by atoms with Gasteiger partial charge in [0.1, 0.15) is 0 Å². The zero-order valence-corrected chi connectivity index (χ0v) is 25.1. The Morgan fingerprint density at radius 2 is 1.12 bits per heavy atom. The Morgan fingerprint density at radius 1 is 0.605 bits per heavy atom. The fourth-order valence-electron chi connectivity index (χ4n) is 6.13. The molecule has 2 fully saturated rings. The van der Waals surface area contributed by atoms with Crippen molar-refractivity contribution in [1.29, 1.82) is 0 Å². The van der Waals surface area contributed by atoms with Crippen molar-refractivity contribution in [3.63, 3.8) is 0 Å². The molecule has 0 aromatic heterocycles. The monoisotopic (exact) mass is 594 g/mol. The lowest BCUT2D eigenvalue weighted by atomic mass is 9.96. The molecule has 4 aromatic rings. The van der Waals surface area contributed by atoms with Gasteiger partial charge in [-0.3, -0.25) is 14.6 Å². The Morgan fingerprint density at radius 3 is 1.65 bits per heavy atom. The first kappa shape index (κ1) is 29.3. The van der Waals surface area contributed by atoms with E-state index in [0.717, 1.165) is 25.2 Å². The molecule has 6 rings (SSSR count). The fraction of sp³-hybridized carbons (Fsp3) is 0.286. The second kappa shape index (κ2) is 13.2. The van der Waals surface area contributed by atoms with Gasteiger partial charge in [0.25, 0.3) is 5.91 Å². The number of amides is 1. The van der Waals surface area contributed by atoms with E-state index >= 15 is 0 Å². The molecule has 2 aliphatic heterocycles. The van der Waals surface area contributed by atoms with Gasteiger partial charge in [0.05, 0.1) is 10.9 Å². The molecule has 43 heavy (non-hydrogen) atoms. The number of rotatable bonds is 8. The first-order chi connectivity index (χ1) is 21.0. The molecule has 2 saturated heterocycles. The molecule has 1 amide bonds. The van der Waals surface area contributed by atoms with E-state index in [0.29, 0.717) is 49.7 Å². The van der Waals surface area contributed by atoms with Crippen molar-refractivity contribution in [3.05, 3.63) is 138 Å². The van der Waals surface area contributed by atoms with E-state index < -0.39 is 10.0 Å². The summed E-state index contributed by atoms with van der Waals surface area (Å²) >= 11 is 0. The molecule has 0 atom stereocenters. The van der Waals surface area contributed by atoms with Crippen molar-refractivity contribution in [2.45, 2.75) is 17.5 Å². The van der Waals surface area contributed by atoms with Crippen LogP contribution >= 0.6 is 0 Å². The highest BCUT2D eigenvalue weighted by molar-refractivity contribution is 7.89. The van der Waals surface area contributed by atoms with Gasteiger partial charge in [-0.2, -0.15) is 4.31 Å². The summed E-state index contributed by atoms with van der Waals surface area (Å²) in [5.41, 5.74) is 4.36. The van der Waals surface area contributed by atoms with Crippen molar-refractivity contribution >= 4 is 15.9 Å². The quantitative estimate of drug-likeness (QED) is 0.295. The smallest absolute Gasteiger partial charge is 0.253 e. The Kier molecular flexibility index (Phi) is 9.00. The molecule has 0 spiro atoms. The molecular weight excluding hydrogens is 556 g/mol. The number of benzene rings is 4. The minimum Gasteiger partial charge on any atom is -0.336 e. The second-order valence-electron chi connectivity index (χ2n) is 11.2. The Hall–Kier alpha value is -3.82. The molecule has 0 saturated carbocycles. The van der Waals surface area contributed by atoms with Crippen LogP contribution in [0.1, 0.15) is 33.1 Å². The number of sulfonamides is 1. The van der Waals surface area contributed by atoms with E-state index in [4.69, 9.17) is 0 Å². The molecular formula is C35H38N4O3S. The SMILES string of the molecule is O=C(c1ccc(CN2CCN(S(=O)(=O)c3ccccc3)CC2)cc1)N1CCN(C(c2ccccc2)c2ccccc2)CC1. The summed E-state index contributed by atoms with van der Waals surface area (Å²) in [4.78, 5) is 20.4. The summed E-state index contributed by atoms with van der Waals surface area (Å²) in [6.07, 6.45) is 0. The number of carbonyl (C=O) groups excluding carboxylic acids is 1. The van der Waals surface area contributed by atoms with Crippen molar-refractivity contribution in [1.82, 2.24) is 19.0 Å². The van der Waals surface area contributed by atoms with Crippen molar-refractivity contribution in [3.8, 4) is 0 Å². The van der Waals surface area contributed by atoms with E-state index in [-0.39, 0.29) is 11.9 Å². The van der Waals surface area contributed by atoms with Gasteiger partial charge in [0, 0.05) is 64.5 Å². The van der Waals surface area contributed by atoms with Gasteiger partial charge in [-0.15, -0.1) is 0 Å². The van der Waals surface area contributed by atoms with E-state index in [2.05, 4.69) is 58.3 Å². The number of piperazine rings is 2. The molecule has 8 heteroatoms. The number of hydrogen-bond acceptors (Lipinski definition) is 5. The predicted molar refractivity (Wildman–Crippen MR) is 169 cm³/mol. The molecule has 222 valence electrons. The Bertz CT molecular complexity index is 1540. The third-order valence-electron chi connectivity index (χ3n) is 8.52. The van der Waals surface area contributed by atoms with Gasteiger partial charge < -0.3 is 4.90 Å². The summed E-state index contributed by atoms with van der Waals surface area (Å²) in [7, 11) is -3.46. The lowest BCUT2D eigenvalue weighted by Crippen LogP contribution is -2.49.